The molecule has 0 amide bonds. The highest BCUT2D eigenvalue weighted by molar-refractivity contribution is 7.99. The maximum absolute atomic E-state index is 12.9. The molecule has 1 fully saturated rings. The Hall–Kier alpha value is -0.880. The molecular formula is C14H17F3N2S. The Balaban J connectivity index is 1.93. The summed E-state index contributed by atoms with van der Waals surface area (Å²) in [4.78, 5) is 2.33. The van der Waals surface area contributed by atoms with Crippen LogP contribution in [0.3, 0.4) is 0 Å². The number of rotatable bonds is 1. The molecule has 2 nitrogen and oxygen atoms in total. The van der Waals surface area contributed by atoms with Crippen LogP contribution in [0.15, 0.2) is 18.2 Å². The van der Waals surface area contributed by atoms with Gasteiger partial charge in [-0.1, -0.05) is 0 Å². The lowest BCUT2D eigenvalue weighted by atomic mass is 9.94. The van der Waals surface area contributed by atoms with Gasteiger partial charge in [0.25, 0.3) is 0 Å². The molecule has 0 saturated carbocycles. The molecule has 1 N–H and O–H groups in total. The van der Waals surface area contributed by atoms with Crippen LogP contribution in [0.1, 0.15) is 23.6 Å². The van der Waals surface area contributed by atoms with Crippen molar-refractivity contribution < 1.29 is 13.2 Å². The first-order chi connectivity index (χ1) is 9.55. The molecule has 0 spiro atoms. The predicted molar refractivity (Wildman–Crippen MR) is 76.2 cm³/mol. The Kier molecular flexibility index (Phi) is 3.86. The molecule has 1 atom stereocenters. The van der Waals surface area contributed by atoms with E-state index in [1.165, 1.54) is 12.1 Å². The molecule has 20 heavy (non-hydrogen) atoms. The molecule has 1 aromatic carbocycles. The van der Waals surface area contributed by atoms with Crippen LogP contribution in [-0.4, -0.2) is 36.0 Å². The van der Waals surface area contributed by atoms with Gasteiger partial charge in [-0.3, -0.25) is 4.90 Å². The predicted octanol–water partition coefficient (Wildman–Crippen LogP) is 3.61. The van der Waals surface area contributed by atoms with Crippen LogP contribution in [-0.2, 0) is 6.18 Å². The lowest BCUT2D eigenvalue weighted by Gasteiger charge is -2.38. The number of thioether (sulfide) groups is 1. The fourth-order valence-electron chi connectivity index (χ4n) is 2.94. The van der Waals surface area contributed by atoms with E-state index in [-0.39, 0.29) is 6.04 Å². The number of anilines is 1. The summed E-state index contributed by atoms with van der Waals surface area (Å²) >= 11 is 1.91. The highest BCUT2D eigenvalue weighted by Gasteiger charge is 2.34. The van der Waals surface area contributed by atoms with E-state index in [1.54, 1.807) is 6.07 Å². The number of benzene rings is 1. The molecule has 2 heterocycles. The van der Waals surface area contributed by atoms with E-state index in [0.717, 1.165) is 48.8 Å². The lowest BCUT2D eigenvalue weighted by molar-refractivity contribution is -0.137. The van der Waals surface area contributed by atoms with Gasteiger partial charge in [0.05, 0.1) is 5.56 Å². The van der Waals surface area contributed by atoms with E-state index in [9.17, 15) is 13.2 Å². The number of hydrogen-bond acceptors (Lipinski definition) is 3. The van der Waals surface area contributed by atoms with Crippen LogP contribution in [0.4, 0.5) is 18.9 Å². The van der Waals surface area contributed by atoms with Crippen LogP contribution in [0.5, 0.6) is 0 Å². The Morgan fingerprint density at radius 3 is 2.65 bits per heavy atom. The number of nitrogens with one attached hydrogen (secondary N) is 1. The van der Waals surface area contributed by atoms with Gasteiger partial charge in [-0.25, -0.2) is 0 Å². The Bertz CT molecular complexity index is 484. The second-order valence-electron chi connectivity index (χ2n) is 5.18. The largest absolute Gasteiger partial charge is 0.416 e. The van der Waals surface area contributed by atoms with Crippen molar-refractivity contribution in [2.24, 2.45) is 0 Å². The Labute approximate surface area is 120 Å². The third-order valence-electron chi connectivity index (χ3n) is 3.96. The number of hydrogen-bond donors (Lipinski definition) is 1. The van der Waals surface area contributed by atoms with Crippen molar-refractivity contribution in [2.75, 3.05) is 36.5 Å². The van der Waals surface area contributed by atoms with Gasteiger partial charge >= 0.3 is 6.18 Å². The zero-order valence-electron chi connectivity index (χ0n) is 11.0. The van der Waals surface area contributed by atoms with Crippen molar-refractivity contribution in [3.05, 3.63) is 29.3 Å². The van der Waals surface area contributed by atoms with Crippen molar-refractivity contribution in [3.8, 4) is 0 Å². The summed E-state index contributed by atoms with van der Waals surface area (Å²) in [7, 11) is 0. The summed E-state index contributed by atoms with van der Waals surface area (Å²) < 4.78 is 38.7. The van der Waals surface area contributed by atoms with Gasteiger partial charge in [-0.05, 0) is 30.2 Å². The minimum Gasteiger partial charge on any atom is -0.385 e. The average Bonchev–Trinajstić information content (AvgIpc) is 2.46. The highest BCUT2D eigenvalue weighted by Crippen LogP contribution is 2.39. The van der Waals surface area contributed by atoms with Crippen molar-refractivity contribution in [2.45, 2.75) is 18.6 Å². The minimum absolute atomic E-state index is 0.120. The van der Waals surface area contributed by atoms with E-state index < -0.39 is 11.7 Å². The molecule has 3 rings (SSSR count). The van der Waals surface area contributed by atoms with Gasteiger partial charge in [-0.15, -0.1) is 0 Å². The summed E-state index contributed by atoms with van der Waals surface area (Å²) in [5.41, 5.74) is 1.11. The summed E-state index contributed by atoms with van der Waals surface area (Å²) in [5, 5.41) is 3.21. The van der Waals surface area contributed by atoms with Crippen LogP contribution < -0.4 is 5.32 Å². The van der Waals surface area contributed by atoms with Crippen molar-refractivity contribution in [1.82, 2.24) is 4.90 Å². The maximum Gasteiger partial charge on any atom is 0.416 e. The Morgan fingerprint density at radius 1 is 1.20 bits per heavy atom. The molecule has 0 bridgehead atoms. The molecule has 0 unspecified atom stereocenters. The number of fused-ring (bicyclic) bond motifs is 1. The number of halogens is 3. The molecule has 6 heteroatoms. The van der Waals surface area contributed by atoms with E-state index in [1.807, 2.05) is 11.8 Å². The van der Waals surface area contributed by atoms with E-state index in [0.29, 0.717) is 0 Å². The van der Waals surface area contributed by atoms with E-state index in [4.69, 9.17) is 0 Å². The third kappa shape index (κ3) is 2.76. The zero-order chi connectivity index (χ0) is 14.2. The van der Waals surface area contributed by atoms with Crippen LogP contribution in [0, 0.1) is 0 Å². The molecule has 1 saturated heterocycles. The molecule has 2 aliphatic heterocycles. The molecule has 0 radical (unpaired) electrons. The smallest absolute Gasteiger partial charge is 0.385 e. The zero-order valence-corrected chi connectivity index (χ0v) is 11.9. The fraction of sp³-hybridized carbons (Fsp3) is 0.571. The molecule has 1 aromatic rings. The molecule has 0 aliphatic carbocycles. The minimum atomic E-state index is -4.27. The summed E-state index contributed by atoms with van der Waals surface area (Å²) in [6.45, 7) is 2.75. The first-order valence-corrected chi connectivity index (χ1v) is 7.98. The van der Waals surface area contributed by atoms with Crippen molar-refractivity contribution >= 4 is 17.4 Å². The summed E-state index contributed by atoms with van der Waals surface area (Å²) in [6, 6.07) is 4.19. The van der Waals surface area contributed by atoms with Gasteiger partial charge in [0.2, 0.25) is 0 Å². The second kappa shape index (κ2) is 5.48. The monoisotopic (exact) mass is 302 g/mol. The summed E-state index contributed by atoms with van der Waals surface area (Å²) in [5.74, 6) is 2.14. The topological polar surface area (TPSA) is 15.3 Å². The first kappa shape index (κ1) is 14.1. The number of nitrogens with zero attached hydrogens (tertiary/aromatic N) is 1. The quantitative estimate of drug-likeness (QED) is 0.853. The summed E-state index contributed by atoms with van der Waals surface area (Å²) in [6.07, 6.45) is -3.40. The first-order valence-electron chi connectivity index (χ1n) is 6.82. The Morgan fingerprint density at radius 2 is 1.95 bits per heavy atom. The SMILES string of the molecule is FC(F)(F)c1ccc2c(c1)[C@@H](N1CCSCC1)CCN2. The maximum atomic E-state index is 12.9. The molecule has 110 valence electrons. The van der Waals surface area contributed by atoms with Gasteiger partial charge in [0.15, 0.2) is 0 Å². The van der Waals surface area contributed by atoms with E-state index in [2.05, 4.69) is 10.2 Å². The van der Waals surface area contributed by atoms with Gasteiger partial charge in [0, 0.05) is 42.9 Å². The van der Waals surface area contributed by atoms with Crippen molar-refractivity contribution in [3.63, 3.8) is 0 Å². The fourth-order valence-corrected chi connectivity index (χ4v) is 3.87. The third-order valence-corrected chi connectivity index (χ3v) is 4.90. The average molecular weight is 302 g/mol. The second-order valence-corrected chi connectivity index (χ2v) is 6.40. The highest BCUT2D eigenvalue weighted by atomic mass is 32.2. The molecule has 2 aliphatic rings. The standard InChI is InChI=1S/C14H17F3N2S/c15-14(16,17)10-1-2-12-11(9-10)13(3-4-18-12)19-5-7-20-8-6-19/h1-2,9,13,18H,3-8H2/t13-/m0/s1. The number of alkyl halides is 3. The lowest BCUT2D eigenvalue weighted by Crippen LogP contribution is -2.38. The van der Waals surface area contributed by atoms with Gasteiger partial charge in [0.1, 0.15) is 0 Å². The molecular weight excluding hydrogens is 285 g/mol. The van der Waals surface area contributed by atoms with Crippen LogP contribution in [0.2, 0.25) is 0 Å². The van der Waals surface area contributed by atoms with E-state index >= 15 is 0 Å². The van der Waals surface area contributed by atoms with Crippen LogP contribution >= 0.6 is 11.8 Å². The van der Waals surface area contributed by atoms with Crippen molar-refractivity contribution in [1.29, 1.82) is 0 Å². The molecule has 0 aromatic heterocycles. The normalized spacial score (nSPS) is 24.1. The van der Waals surface area contributed by atoms with Gasteiger partial charge in [-0.2, -0.15) is 24.9 Å². The van der Waals surface area contributed by atoms with Crippen LogP contribution in [0.25, 0.3) is 0 Å². The van der Waals surface area contributed by atoms with Gasteiger partial charge < -0.3 is 5.32 Å².